The van der Waals surface area contributed by atoms with Crippen LogP contribution >= 0.6 is 11.3 Å². The highest BCUT2D eigenvalue weighted by atomic mass is 32.1. The van der Waals surface area contributed by atoms with Crippen LogP contribution in [0.25, 0.3) is 0 Å². The molecule has 0 bridgehead atoms. The van der Waals surface area contributed by atoms with Crippen molar-refractivity contribution in [2.75, 3.05) is 13.1 Å². The Kier molecular flexibility index (Phi) is 5.25. The third-order valence-corrected chi connectivity index (χ3v) is 3.42. The summed E-state index contributed by atoms with van der Waals surface area (Å²) in [5.74, 6) is -0.280. The maximum atomic E-state index is 11.7. The highest BCUT2D eigenvalue weighted by molar-refractivity contribution is 7.10. The first-order chi connectivity index (χ1) is 9.75. The zero-order chi connectivity index (χ0) is 14.2. The Hall–Kier alpha value is -2.21. The number of nitrogens with zero attached hydrogens (tertiary/aromatic N) is 1. The van der Waals surface area contributed by atoms with E-state index in [4.69, 9.17) is 0 Å². The average molecular weight is 289 g/mol. The van der Waals surface area contributed by atoms with Gasteiger partial charge in [-0.3, -0.25) is 14.6 Å². The molecule has 2 amide bonds. The third-order valence-electron chi connectivity index (χ3n) is 2.55. The number of hydrogen-bond donors (Lipinski definition) is 2. The Morgan fingerprint density at radius 1 is 1.10 bits per heavy atom. The second-order valence-corrected chi connectivity index (χ2v) is 5.11. The molecule has 2 N–H and O–H groups in total. The molecule has 2 aromatic rings. The van der Waals surface area contributed by atoms with E-state index >= 15 is 0 Å². The Balaban J connectivity index is 1.64. The van der Waals surface area contributed by atoms with Crippen LogP contribution in [-0.2, 0) is 11.2 Å². The fourth-order valence-corrected chi connectivity index (χ4v) is 2.30. The topological polar surface area (TPSA) is 71.1 Å². The molecule has 5 nitrogen and oxygen atoms in total. The molecule has 104 valence electrons. The monoisotopic (exact) mass is 289 g/mol. The lowest BCUT2D eigenvalue weighted by molar-refractivity contribution is -0.120. The van der Waals surface area contributed by atoms with E-state index < -0.39 is 0 Å². The lowest BCUT2D eigenvalue weighted by Gasteiger charge is -2.06. The van der Waals surface area contributed by atoms with Crippen LogP contribution in [0.3, 0.4) is 0 Å². The van der Waals surface area contributed by atoms with Gasteiger partial charge in [-0.05, 0) is 23.6 Å². The fourth-order valence-electron chi connectivity index (χ4n) is 1.60. The van der Waals surface area contributed by atoms with Gasteiger partial charge in [0.1, 0.15) is 5.69 Å². The quantitative estimate of drug-likeness (QED) is 0.786. The van der Waals surface area contributed by atoms with E-state index in [0.717, 1.165) is 4.88 Å². The summed E-state index contributed by atoms with van der Waals surface area (Å²) in [5, 5.41) is 7.40. The first-order valence-corrected chi connectivity index (χ1v) is 7.12. The van der Waals surface area contributed by atoms with E-state index in [1.165, 1.54) is 0 Å². The van der Waals surface area contributed by atoms with E-state index in [1.54, 1.807) is 35.7 Å². The van der Waals surface area contributed by atoms with Crippen molar-refractivity contribution in [1.29, 1.82) is 0 Å². The van der Waals surface area contributed by atoms with Crippen LogP contribution in [0.15, 0.2) is 41.9 Å². The smallest absolute Gasteiger partial charge is 0.269 e. The van der Waals surface area contributed by atoms with E-state index in [0.29, 0.717) is 25.2 Å². The van der Waals surface area contributed by atoms with E-state index in [-0.39, 0.29) is 11.8 Å². The standard InChI is InChI=1S/C14H15N3O2S/c18-13(10-11-4-3-9-20-11)16-7-8-17-14(19)12-5-1-2-6-15-12/h1-6,9H,7-8,10H2,(H,16,18)(H,17,19). The summed E-state index contributed by atoms with van der Waals surface area (Å²) in [7, 11) is 0. The highest BCUT2D eigenvalue weighted by Crippen LogP contribution is 2.08. The van der Waals surface area contributed by atoms with Crippen LogP contribution in [0.4, 0.5) is 0 Å². The van der Waals surface area contributed by atoms with Crippen molar-refractivity contribution in [2.45, 2.75) is 6.42 Å². The van der Waals surface area contributed by atoms with Gasteiger partial charge in [0.2, 0.25) is 5.91 Å². The second-order valence-electron chi connectivity index (χ2n) is 4.08. The van der Waals surface area contributed by atoms with E-state index in [2.05, 4.69) is 15.6 Å². The molecule has 0 spiro atoms. The van der Waals surface area contributed by atoms with Crippen LogP contribution in [0.2, 0.25) is 0 Å². The van der Waals surface area contributed by atoms with Crippen molar-refractivity contribution in [3.63, 3.8) is 0 Å². The van der Waals surface area contributed by atoms with Crippen LogP contribution in [0, 0.1) is 0 Å². The van der Waals surface area contributed by atoms with E-state index in [1.807, 2.05) is 17.5 Å². The predicted octanol–water partition coefficient (Wildman–Crippen LogP) is 1.23. The van der Waals surface area contributed by atoms with Crippen molar-refractivity contribution in [3.05, 3.63) is 52.5 Å². The van der Waals surface area contributed by atoms with Gasteiger partial charge in [0.05, 0.1) is 6.42 Å². The Bertz CT molecular complexity index is 555. The van der Waals surface area contributed by atoms with Gasteiger partial charge in [0.15, 0.2) is 0 Å². The lowest BCUT2D eigenvalue weighted by Crippen LogP contribution is -2.35. The van der Waals surface area contributed by atoms with Crippen molar-refractivity contribution in [1.82, 2.24) is 15.6 Å². The lowest BCUT2D eigenvalue weighted by atomic mass is 10.3. The molecule has 2 heterocycles. The number of carbonyl (C=O) groups excluding carboxylic acids is 2. The van der Waals surface area contributed by atoms with E-state index in [9.17, 15) is 9.59 Å². The molecule has 0 aliphatic rings. The van der Waals surface area contributed by atoms with Crippen molar-refractivity contribution < 1.29 is 9.59 Å². The van der Waals surface area contributed by atoms with Gasteiger partial charge in [0, 0.05) is 24.2 Å². The number of aromatic nitrogens is 1. The molecule has 20 heavy (non-hydrogen) atoms. The summed E-state index contributed by atoms with van der Waals surface area (Å²) in [4.78, 5) is 28.2. The average Bonchev–Trinajstić information content (AvgIpc) is 2.97. The maximum Gasteiger partial charge on any atom is 0.269 e. The minimum atomic E-state index is -0.238. The summed E-state index contributed by atoms with van der Waals surface area (Å²) in [6, 6.07) is 8.99. The molecule has 2 aromatic heterocycles. The molecule has 6 heteroatoms. The molecule has 0 aliphatic heterocycles. The zero-order valence-corrected chi connectivity index (χ0v) is 11.7. The molecule has 0 saturated heterocycles. The number of nitrogens with one attached hydrogen (secondary N) is 2. The van der Waals surface area contributed by atoms with Crippen LogP contribution in [-0.4, -0.2) is 29.9 Å². The number of thiophene rings is 1. The molecule has 0 radical (unpaired) electrons. The predicted molar refractivity (Wildman–Crippen MR) is 77.6 cm³/mol. The summed E-state index contributed by atoms with van der Waals surface area (Å²) < 4.78 is 0. The minimum Gasteiger partial charge on any atom is -0.354 e. The van der Waals surface area contributed by atoms with Gasteiger partial charge in [-0.25, -0.2) is 0 Å². The minimum absolute atomic E-state index is 0.0421. The first-order valence-electron chi connectivity index (χ1n) is 6.24. The van der Waals surface area contributed by atoms with Crippen molar-refractivity contribution in [3.8, 4) is 0 Å². The highest BCUT2D eigenvalue weighted by Gasteiger charge is 2.06. The van der Waals surface area contributed by atoms with Gasteiger partial charge in [-0.2, -0.15) is 0 Å². The summed E-state index contributed by atoms with van der Waals surface area (Å²) >= 11 is 1.55. The van der Waals surface area contributed by atoms with Crippen molar-refractivity contribution >= 4 is 23.2 Å². The number of pyridine rings is 1. The van der Waals surface area contributed by atoms with Gasteiger partial charge in [-0.1, -0.05) is 12.1 Å². The Morgan fingerprint density at radius 3 is 2.65 bits per heavy atom. The molecular formula is C14H15N3O2S. The number of amides is 2. The Labute approximate surface area is 121 Å². The Morgan fingerprint density at radius 2 is 1.95 bits per heavy atom. The molecule has 0 aliphatic carbocycles. The largest absolute Gasteiger partial charge is 0.354 e. The third kappa shape index (κ3) is 4.47. The molecule has 2 rings (SSSR count). The number of hydrogen-bond acceptors (Lipinski definition) is 4. The molecule has 0 aromatic carbocycles. The van der Waals surface area contributed by atoms with Crippen LogP contribution < -0.4 is 10.6 Å². The summed E-state index contributed by atoms with van der Waals surface area (Å²) in [6.07, 6.45) is 1.95. The van der Waals surface area contributed by atoms with Crippen molar-refractivity contribution in [2.24, 2.45) is 0 Å². The number of carbonyl (C=O) groups is 2. The second kappa shape index (κ2) is 7.40. The normalized spacial score (nSPS) is 10.0. The summed E-state index contributed by atoms with van der Waals surface area (Å²) in [5.41, 5.74) is 0.373. The molecule has 0 saturated carbocycles. The van der Waals surface area contributed by atoms with Crippen LogP contribution in [0.1, 0.15) is 15.4 Å². The molecule has 0 unspecified atom stereocenters. The summed E-state index contributed by atoms with van der Waals surface area (Å²) in [6.45, 7) is 0.786. The SMILES string of the molecule is O=C(Cc1cccs1)NCCNC(=O)c1ccccn1. The van der Waals surface area contributed by atoms with Crippen LogP contribution in [0.5, 0.6) is 0 Å². The molecular weight excluding hydrogens is 274 g/mol. The van der Waals surface area contributed by atoms with Gasteiger partial charge in [-0.15, -0.1) is 11.3 Å². The van der Waals surface area contributed by atoms with Gasteiger partial charge in [0.25, 0.3) is 5.91 Å². The first kappa shape index (κ1) is 14.2. The zero-order valence-electron chi connectivity index (χ0n) is 10.8. The number of rotatable bonds is 6. The molecule has 0 atom stereocenters. The fraction of sp³-hybridized carbons (Fsp3) is 0.214. The maximum absolute atomic E-state index is 11.7. The molecule has 0 fully saturated rings. The van der Waals surface area contributed by atoms with Gasteiger partial charge >= 0.3 is 0 Å². The van der Waals surface area contributed by atoms with Gasteiger partial charge < -0.3 is 10.6 Å².